The van der Waals surface area contributed by atoms with Gasteiger partial charge in [-0.15, -0.1) is 16.9 Å². The first-order valence-electron chi connectivity index (χ1n) is 5.27. The zero-order chi connectivity index (χ0) is 11.4. The van der Waals surface area contributed by atoms with Crippen LogP contribution in [0.5, 0.6) is 0 Å². The van der Waals surface area contributed by atoms with Crippen LogP contribution >= 0.6 is 0 Å². The summed E-state index contributed by atoms with van der Waals surface area (Å²) in [6.07, 6.45) is 0.811. The van der Waals surface area contributed by atoms with Crippen molar-refractivity contribution in [3.63, 3.8) is 0 Å². The molecule has 0 amide bonds. The summed E-state index contributed by atoms with van der Waals surface area (Å²) in [7, 11) is 0. The van der Waals surface area contributed by atoms with Crippen molar-refractivity contribution in [3.05, 3.63) is 23.9 Å². The number of nitrogens with zero attached hydrogens (tertiary/aromatic N) is 3. The van der Waals surface area contributed by atoms with E-state index in [1.165, 1.54) is 0 Å². The van der Waals surface area contributed by atoms with Gasteiger partial charge in [0.1, 0.15) is 0 Å². The lowest BCUT2D eigenvalue weighted by Gasteiger charge is -1.95. The normalized spacial score (nSPS) is 9.88. The molecule has 0 aliphatic heterocycles. The monoisotopic (exact) mass is 214 g/mol. The quantitative estimate of drug-likeness (QED) is 0.626. The number of anilines is 1. The number of nitrogens with one attached hydrogen (secondary N) is 1. The second-order valence-corrected chi connectivity index (χ2v) is 3.48. The van der Waals surface area contributed by atoms with Crippen LogP contribution in [0.1, 0.15) is 19.0 Å². The molecule has 4 heteroatoms. The molecule has 1 N–H and O–H groups in total. The first-order chi connectivity index (χ1) is 7.81. The third-order valence-corrected chi connectivity index (χ3v) is 2.26. The molecule has 0 aliphatic carbocycles. The van der Waals surface area contributed by atoms with Gasteiger partial charge in [-0.1, -0.05) is 6.07 Å². The van der Waals surface area contributed by atoms with Crippen LogP contribution in [0, 0.1) is 18.8 Å². The molecule has 0 fully saturated rings. The maximum Gasteiger partial charge on any atom is 0.243 e. The summed E-state index contributed by atoms with van der Waals surface area (Å²) in [5.41, 5.74) is 1.94. The molecule has 82 valence electrons. The van der Waals surface area contributed by atoms with Gasteiger partial charge in [0, 0.05) is 18.7 Å². The predicted octanol–water partition coefficient (Wildman–Crippen LogP) is 1.86. The minimum absolute atomic E-state index is 0.659. The number of pyridine rings is 1. The van der Waals surface area contributed by atoms with Crippen molar-refractivity contribution in [2.45, 2.75) is 20.3 Å². The summed E-state index contributed by atoms with van der Waals surface area (Å²) < 4.78 is 1.83. The number of hydrogen-bond acceptors (Lipinski definition) is 3. The highest BCUT2D eigenvalue weighted by molar-refractivity contribution is 5.44. The van der Waals surface area contributed by atoms with Crippen molar-refractivity contribution < 1.29 is 0 Å². The second-order valence-electron chi connectivity index (χ2n) is 3.48. The molecule has 2 rings (SSSR count). The third-order valence-electron chi connectivity index (χ3n) is 2.26. The van der Waals surface area contributed by atoms with E-state index in [-0.39, 0.29) is 0 Å². The topological polar surface area (TPSA) is 42.2 Å². The van der Waals surface area contributed by atoms with Gasteiger partial charge in [0.15, 0.2) is 5.65 Å². The van der Waals surface area contributed by atoms with Crippen LogP contribution in [-0.2, 0) is 0 Å². The average Bonchev–Trinajstić information content (AvgIpc) is 2.69. The minimum Gasteiger partial charge on any atom is -0.352 e. The van der Waals surface area contributed by atoms with E-state index in [0.29, 0.717) is 5.95 Å². The zero-order valence-corrected chi connectivity index (χ0v) is 9.49. The van der Waals surface area contributed by atoms with E-state index in [4.69, 9.17) is 0 Å². The Balaban J connectivity index is 2.13. The standard InChI is InChI=1S/C12H14N4/c1-3-4-5-9-13-12-14-11-8-6-7-10(2)16(11)15-12/h6-8H,5,9H2,1-2H3,(H,13,15). The molecule has 0 unspecified atom stereocenters. The van der Waals surface area contributed by atoms with Gasteiger partial charge in [-0.2, -0.15) is 4.98 Å². The summed E-state index contributed by atoms with van der Waals surface area (Å²) in [4.78, 5) is 4.36. The Hall–Kier alpha value is -2.02. The molecular weight excluding hydrogens is 200 g/mol. The van der Waals surface area contributed by atoms with E-state index in [1.807, 2.05) is 36.6 Å². The van der Waals surface area contributed by atoms with E-state index in [9.17, 15) is 0 Å². The summed E-state index contributed by atoms with van der Waals surface area (Å²) in [6.45, 7) is 4.62. The van der Waals surface area contributed by atoms with Gasteiger partial charge < -0.3 is 5.32 Å². The smallest absolute Gasteiger partial charge is 0.243 e. The lowest BCUT2D eigenvalue weighted by atomic mass is 10.4. The fraction of sp³-hybridized carbons (Fsp3) is 0.333. The molecule has 0 spiro atoms. The van der Waals surface area contributed by atoms with Crippen molar-refractivity contribution in [2.24, 2.45) is 0 Å². The highest BCUT2D eigenvalue weighted by Gasteiger charge is 2.02. The summed E-state index contributed by atoms with van der Waals surface area (Å²) >= 11 is 0. The van der Waals surface area contributed by atoms with Gasteiger partial charge >= 0.3 is 0 Å². The molecule has 16 heavy (non-hydrogen) atoms. The first-order valence-corrected chi connectivity index (χ1v) is 5.27. The Morgan fingerprint density at radius 3 is 3.06 bits per heavy atom. The Morgan fingerprint density at radius 1 is 1.44 bits per heavy atom. The Bertz CT molecular complexity index is 545. The van der Waals surface area contributed by atoms with Crippen LogP contribution < -0.4 is 5.32 Å². The fourth-order valence-electron chi connectivity index (χ4n) is 1.47. The SMILES string of the molecule is CC#CCCNc1nc2cccc(C)n2n1. The summed E-state index contributed by atoms with van der Waals surface area (Å²) in [5, 5.41) is 7.51. The molecule has 0 radical (unpaired) electrons. The Kier molecular flexibility index (Phi) is 3.06. The highest BCUT2D eigenvalue weighted by Crippen LogP contribution is 2.07. The van der Waals surface area contributed by atoms with Crippen LogP contribution in [0.3, 0.4) is 0 Å². The van der Waals surface area contributed by atoms with Gasteiger partial charge in [0.25, 0.3) is 0 Å². The second kappa shape index (κ2) is 4.67. The van der Waals surface area contributed by atoms with Gasteiger partial charge in [0.2, 0.25) is 5.95 Å². The molecule has 4 nitrogen and oxygen atoms in total. The van der Waals surface area contributed by atoms with Crippen LogP contribution in [-0.4, -0.2) is 21.1 Å². The van der Waals surface area contributed by atoms with Crippen LogP contribution in [0.15, 0.2) is 18.2 Å². The van der Waals surface area contributed by atoms with Crippen molar-refractivity contribution >= 4 is 11.6 Å². The van der Waals surface area contributed by atoms with Crippen LogP contribution in [0.25, 0.3) is 5.65 Å². The molecule has 0 aliphatic rings. The van der Waals surface area contributed by atoms with Crippen molar-refractivity contribution in [3.8, 4) is 11.8 Å². The van der Waals surface area contributed by atoms with Gasteiger partial charge in [-0.25, -0.2) is 4.52 Å². The number of rotatable bonds is 3. The van der Waals surface area contributed by atoms with Crippen LogP contribution in [0.2, 0.25) is 0 Å². The number of aromatic nitrogens is 3. The third kappa shape index (κ3) is 2.14. The predicted molar refractivity (Wildman–Crippen MR) is 64.3 cm³/mol. The number of fused-ring (bicyclic) bond motifs is 1. The maximum absolute atomic E-state index is 4.36. The summed E-state index contributed by atoms with van der Waals surface area (Å²) in [5.74, 6) is 6.50. The lowest BCUT2D eigenvalue weighted by Crippen LogP contribution is -2.02. The summed E-state index contributed by atoms with van der Waals surface area (Å²) in [6, 6.07) is 5.93. The van der Waals surface area contributed by atoms with E-state index in [2.05, 4.69) is 27.2 Å². The van der Waals surface area contributed by atoms with Crippen molar-refractivity contribution in [1.82, 2.24) is 14.6 Å². The van der Waals surface area contributed by atoms with Gasteiger partial charge in [-0.05, 0) is 26.0 Å². The van der Waals surface area contributed by atoms with Gasteiger partial charge in [0.05, 0.1) is 0 Å². The lowest BCUT2D eigenvalue weighted by molar-refractivity contribution is 0.908. The average molecular weight is 214 g/mol. The minimum atomic E-state index is 0.659. The fourth-order valence-corrected chi connectivity index (χ4v) is 1.47. The van der Waals surface area contributed by atoms with E-state index < -0.39 is 0 Å². The van der Waals surface area contributed by atoms with Gasteiger partial charge in [-0.3, -0.25) is 0 Å². The maximum atomic E-state index is 4.36. The highest BCUT2D eigenvalue weighted by atomic mass is 15.3. The molecule has 0 atom stereocenters. The Morgan fingerprint density at radius 2 is 2.31 bits per heavy atom. The number of hydrogen-bond donors (Lipinski definition) is 1. The molecule has 2 aromatic rings. The van der Waals surface area contributed by atoms with Crippen LogP contribution in [0.4, 0.5) is 5.95 Å². The van der Waals surface area contributed by atoms with E-state index in [0.717, 1.165) is 24.3 Å². The zero-order valence-electron chi connectivity index (χ0n) is 9.49. The molecular formula is C12H14N4. The largest absolute Gasteiger partial charge is 0.352 e. The molecule has 2 aromatic heterocycles. The first kappa shape index (κ1) is 10.5. The molecule has 0 aromatic carbocycles. The molecule has 0 bridgehead atoms. The molecule has 2 heterocycles. The Labute approximate surface area is 94.7 Å². The van der Waals surface area contributed by atoms with Crippen molar-refractivity contribution in [1.29, 1.82) is 0 Å². The molecule has 0 saturated carbocycles. The van der Waals surface area contributed by atoms with Crippen molar-refractivity contribution in [2.75, 3.05) is 11.9 Å². The van der Waals surface area contributed by atoms with E-state index >= 15 is 0 Å². The molecule has 0 saturated heterocycles. The van der Waals surface area contributed by atoms with E-state index in [1.54, 1.807) is 0 Å². The number of aryl methyl sites for hydroxylation is 1.